The van der Waals surface area contributed by atoms with E-state index in [2.05, 4.69) is 57.4 Å². The predicted molar refractivity (Wildman–Crippen MR) is 117 cm³/mol. The predicted octanol–water partition coefficient (Wildman–Crippen LogP) is 8.45. The zero-order valence-electron chi connectivity index (χ0n) is 17.3. The average molecular weight is 343 g/mol. The summed E-state index contributed by atoms with van der Waals surface area (Å²) in [5.74, 6) is 2.32. The number of allylic oxidation sites excluding steroid dienone is 8. The van der Waals surface area contributed by atoms with Gasteiger partial charge in [0, 0.05) is 0 Å². The van der Waals surface area contributed by atoms with Crippen LogP contribution in [-0.4, -0.2) is 0 Å². The van der Waals surface area contributed by atoms with Crippen LogP contribution < -0.4 is 0 Å². The van der Waals surface area contributed by atoms with Crippen LogP contribution in [-0.2, 0) is 0 Å². The molecule has 1 rings (SSSR count). The van der Waals surface area contributed by atoms with Crippen LogP contribution in [0, 0.1) is 17.8 Å². The Morgan fingerprint density at radius 2 is 1.64 bits per heavy atom. The molecular formula is C25H42. The van der Waals surface area contributed by atoms with Crippen molar-refractivity contribution in [1.29, 1.82) is 0 Å². The third-order valence-corrected chi connectivity index (χ3v) is 4.90. The van der Waals surface area contributed by atoms with E-state index in [4.69, 9.17) is 0 Å². The van der Waals surface area contributed by atoms with Crippen molar-refractivity contribution in [3.8, 4) is 0 Å². The summed E-state index contributed by atoms with van der Waals surface area (Å²) < 4.78 is 0. The largest absolute Gasteiger partial charge is 0.103 e. The van der Waals surface area contributed by atoms with Gasteiger partial charge in [-0.1, -0.05) is 89.6 Å². The van der Waals surface area contributed by atoms with Crippen molar-refractivity contribution in [2.45, 2.75) is 79.1 Å². The molecule has 0 aromatic rings. The monoisotopic (exact) mass is 342 g/mol. The summed E-state index contributed by atoms with van der Waals surface area (Å²) in [7, 11) is 0. The highest BCUT2D eigenvalue weighted by molar-refractivity contribution is 5.26. The molecule has 1 aliphatic rings. The lowest BCUT2D eigenvalue weighted by molar-refractivity contribution is 0.323. The third kappa shape index (κ3) is 11.8. The number of rotatable bonds is 10. The molecule has 0 bridgehead atoms. The maximum absolute atomic E-state index is 3.88. The van der Waals surface area contributed by atoms with Crippen molar-refractivity contribution in [3.63, 3.8) is 0 Å². The van der Waals surface area contributed by atoms with Gasteiger partial charge >= 0.3 is 0 Å². The lowest BCUT2D eigenvalue weighted by Gasteiger charge is -2.27. The third-order valence-electron chi connectivity index (χ3n) is 4.90. The summed E-state index contributed by atoms with van der Waals surface area (Å²) in [5.41, 5.74) is 1.48. The van der Waals surface area contributed by atoms with Gasteiger partial charge in [-0.25, -0.2) is 0 Å². The van der Waals surface area contributed by atoms with Gasteiger partial charge in [-0.15, -0.1) is 6.58 Å². The highest BCUT2D eigenvalue weighted by atomic mass is 14.2. The molecule has 1 saturated carbocycles. The summed E-state index contributed by atoms with van der Waals surface area (Å²) in [6.07, 6.45) is 25.5. The second-order valence-electron chi connectivity index (χ2n) is 7.11. The van der Waals surface area contributed by atoms with Gasteiger partial charge in [-0.3, -0.25) is 0 Å². The molecule has 0 aliphatic heterocycles. The highest BCUT2D eigenvalue weighted by Gasteiger charge is 2.19. The van der Waals surface area contributed by atoms with Gasteiger partial charge < -0.3 is 0 Å². The van der Waals surface area contributed by atoms with Crippen molar-refractivity contribution in [1.82, 2.24) is 0 Å². The summed E-state index contributed by atoms with van der Waals surface area (Å²) in [4.78, 5) is 0. The Labute approximate surface area is 158 Å². The van der Waals surface area contributed by atoms with Crippen LogP contribution in [0.25, 0.3) is 0 Å². The van der Waals surface area contributed by atoms with E-state index in [0.717, 1.165) is 31.1 Å². The zero-order valence-corrected chi connectivity index (χ0v) is 17.3. The molecule has 0 amide bonds. The number of hydrogen-bond acceptors (Lipinski definition) is 0. The van der Waals surface area contributed by atoms with Gasteiger partial charge in [0.15, 0.2) is 0 Å². The molecule has 0 heteroatoms. The quantitative estimate of drug-likeness (QED) is 0.212. The fraction of sp³-hybridized carbons (Fsp3) is 0.600. The van der Waals surface area contributed by atoms with Gasteiger partial charge in [0.25, 0.3) is 0 Å². The van der Waals surface area contributed by atoms with Gasteiger partial charge in [-0.05, 0) is 61.9 Å². The van der Waals surface area contributed by atoms with E-state index in [1.54, 1.807) is 0 Å². The van der Waals surface area contributed by atoms with Crippen molar-refractivity contribution in [2.75, 3.05) is 0 Å². The summed E-state index contributed by atoms with van der Waals surface area (Å²) in [5, 5.41) is 0. The Bertz CT molecular complexity index is 413. The molecule has 142 valence electrons. The van der Waals surface area contributed by atoms with Gasteiger partial charge in [0.05, 0.1) is 0 Å². The molecule has 0 spiro atoms. The van der Waals surface area contributed by atoms with E-state index in [-0.39, 0.29) is 0 Å². The molecule has 1 unspecified atom stereocenters. The minimum atomic E-state index is 0.664. The Hall–Kier alpha value is -1.30. The van der Waals surface area contributed by atoms with Crippen molar-refractivity contribution in [3.05, 3.63) is 61.3 Å². The summed E-state index contributed by atoms with van der Waals surface area (Å²) in [6, 6.07) is 0. The summed E-state index contributed by atoms with van der Waals surface area (Å²) in [6.45, 7) is 16.3. The molecule has 0 aromatic carbocycles. The Morgan fingerprint density at radius 1 is 1.00 bits per heavy atom. The highest BCUT2D eigenvalue weighted by Crippen LogP contribution is 2.33. The van der Waals surface area contributed by atoms with E-state index in [1.807, 2.05) is 26.0 Å². The molecular weight excluding hydrogens is 300 g/mol. The molecule has 0 saturated heterocycles. The maximum atomic E-state index is 3.88. The normalized spacial score (nSPS) is 22.5. The van der Waals surface area contributed by atoms with Gasteiger partial charge in [-0.2, -0.15) is 0 Å². The smallest absolute Gasteiger partial charge is 0.0162 e. The lowest BCUT2D eigenvalue weighted by Crippen LogP contribution is -2.13. The fourth-order valence-electron chi connectivity index (χ4n) is 3.27. The van der Waals surface area contributed by atoms with E-state index < -0.39 is 0 Å². The van der Waals surface area contributed by atoms with Crippen LogP contribution in [0.4, 0.5) is 0 Å². The Kier molecular flexibility index (Phi) is 15.3. The van der Waals surface area contributed by atoms with Crippen LogP contribution in [0.3, 0.4) is 0 Å². The van der Waals surface area contributed by atoms with E-state index in [1.165, 1.54) is 37.7 Å². The fourth-order valence-corrected chi connectivity index (χ4v) is 3.27. The minimum Gasteiger partial charge on any atom is -0.103 e. The molecule has 0 aromatic heterocycles. The minimum absolute atomic E-state index is 0.664. The number of unbranched alkanes of at least 4 members (excludes halogenated alkanes) is 1. The summed E-state index contributed by atoms with van der Waals surface area (Å²) >= 11 is 0. The maximum Gasteiger partial charge on any atom is -0.0162 e. The van der Waals surface area contributed by atoms with E-state index >= 15 is 0 Å². The van der Waals surface area contributed by atoms with Gasteiger partial charge in [0.1, 0.15) is 0 Å². The van der Waals surface area contributed by atoms with Crippen LogP contribution in [0.1, 0.15) is 79.1 Å². The molecule has 0 N–H and O–H groups in total. The first kappa shape index (κ1) is 23.7. The zero-order chi connectivity index (χ0) is 18.9. The van der Waals surface area contributed by atoms with Crippen molar-refractivity contribution in [2.24, 2.45) is 17.8 Å². The molecule has 1 atom stereocenters. The van der Waals surface area contributed by atoms with Crippen LogP contribution in [0.5, 0.6) is 0 Å². The first-order valence-corrected chi connectivity index (χ1v) is 10.4. The molecule has 1 aliphatic carbocycles. The molecule has 0 radical (unpaired) electrons. The average Bonchev–Trinajstić information content (AvgIpc) is 2.64. The van der Waals surface area contributed by atoms with E-state index in [0.29, 0.717) is 5.92 Å². The lowest BCUT2D eigenvalue weighted by atomic mass is 9.79. The van der Waals surface area contributed by atoms with Crippen molar-refractivity contribution < 1.29 is 0 Å². The standard InChI is InChI=1S/C23H36.C2H6/c1-5-7-13-20(3)14-10-8-9-11-15-22(12-6-2)23-18-16-21(4)17-19-23;1-2/h5-6,10-12,14-15,20-21,23H,1-2,7-9,13,16-19H2,3-4H3;1-2H3/b14-10-,15-11-,22-12+;. The first-order valence-electron chi connectivity index (χ1n) is 10.4. The Balaban J connectivity index is 0.00000277. The Morgan fingerprint density at radius 3 is 2.24 bits per heavy atom. The first-order chi connectivity index (χ1) is 12.2. The van der Waals surface area contributed by atoms with Crippen LogP contribution in [0.15, 0.2) is 61.3 Å². The van der Waals surface area contributed by atoms with Crippen molar-refractivity contribution >= 4 is 0 Å². The second-order valence-corrected chi connectivity index (χ2v) is 7.11. The van der Waals surface area contributed by atoms with E-state index in [9.17, 15) is 0 Å². The molecule has 0 nitrogen and oxygen atoms in total. The molecule has 0 heterocycles. The molecule has 1 fully saturated rings. The topological polar surface area (TPSA) is 0 Å². The van der Waals surface area contributed by atoms with Crippen LogP contribution in [0.2, 0.25) is 0 Å². The second kappa shape index (κ2) is 16.2. The van der Waals surface area contributed by atoms with Gasteiger partial charge in [0.2, 0.25) is 0 Å². The molecule has 25 heavy (non-hydrogen) atoms. The SMILES string of the molecule is C=C/C=C(\C=C/CC/C=C\C(C)CCC=C)C1CCC(C)CC1.CC. The van der Waals surface area contributed by atoms with Crippen LogP contribution >= 0.6 is 0 Å². The number of hydrogen-bond donors (Lipinski definition) is 0.